The summed E-state index contributed by atoms with van der Waals surface area (Å²) in [4.78, 5) is 26.3. The fraction of sp³-hybridized carbons (Fsp3) is 0.250. The summed E-state index contributed by atoms with van der Waals surface area (Å²) in [5.41, 5.74) is 2.74. The monoisotopic (exact) mass is 355 g/mol. The number of aryl methyl sites for hydroxylation is 2. The highest BCUT2D eigenvalue weighted by molar-refractivity contribution is 5.75. The molecule has 1 amide bonds. The summed E-state index contributed by atoms with van der Waals surface area (Å²) in [7, 11) is 0. The van der Waals surface area contributed by atoms with E-state index in [0.29, 0.717) is 12.4 Å². The lowest BCUT2D eigenvalue weighted by molar-refractivity contribution is -0.389. The zero-order valence-corrected chi connectivity index (χ0v) is 14.3. The molecular weight excluding hydrogens is 338 g/mol. The first kappa shape index (κ1) is 17.3. The van der Waals surface area contributed by atoms with Crippen LogP contribution in [0, 0.1) is 24.0 Å². The Bertz CT molecular complexity index is 943. The number of nitrogens with one attached hydrogen (secondary N) is 1. The molecule has 0 saturated carbocycles. The molecule has 0 bridgehead atoms. The van der Waals surface area contributed by atoms with Crippen molar-refractivity contribution in [2.45, 2.75) is 26.9 Å². The molecule has 134 valence electrons. The lowest BCUT2D eigenvalue weighted by atomic mass is 10.3. The van der Waals surface area contributed by atoms with Gasteiger partial charge in [0.25, 0.3) is 0 Å². The third-order valence-corrected chi connectivity index (χ3v) is 3.64. The number of carbonyl (C=O) groups is 1. The van der Waals surface area contributed by atoms with Crippen LogP contribution in [0.4, 0.5) is 5.82 Å². The number of carbonyl (C=O) groups excluding carboxylic acids is 1. The molecule has 0 aliphatic rings. The van der Waals surface area contributed by atoms with Crippen LogP contribution in [0.5, 0.6) is 0 Å². The topological polar surface area (TPSA) is 121 Å². The van der Waals surface area contributed by atoms with E-state index in [4.69, 9.17) is 0 Å². The molecule has 3 aromatic rings. The molecule has 0 aliphatic heterocycles. The fourth-order valence-corrected chi connectivity index (χ4v) is 2.45. The van der Waals surface area contributed by atoms with Crippen LogP contribution < -0.4 is 5.32 Å². The standard InChI is InChI=1S/C16H17N7O3/c1-11-7-12(2)22(19-11)14-4-3-13(8-17-14)9-18-16(24)10-21-6-5-15(20-21)23(25)26/h3-8H,9-10H2,1-2H3,(H,18,24). The second-order valence-corrected chi connectivity index (χ2v) is 5.77. The Morgan fingerprint density at radius 3 is 2.65 bits per heavy atom. The van der Waals surface area contributed by atoms with Gasteiger partial charge in [-0.1, -0.05) is 6.07 Å². The molecule has 0 aromatic carbocycles. The largest absolute Gasteiger partial charge is 0.389 e. The molecule has 1 N–H and O–H groups in total. The fourth-order valence-electron chi connectivity index (χ4n) is 2.45. The van der Waals surface area contributed by atoms with Crippen molar-refractivity contribution in [1.82, 2.24) is 29.9 Å². The molecule has 10 nitrogen and oxygen atoms in total. The average molecular weight is 355 g/mol. The Morgan fingerprint density at radius 1 is 1.27 bits per heavy atom. The molecule has 0 unspecified atom stereocenters. The predicted octanol–water partition coefficient (Wildman–Crippen LogP) is 1.31. The second kappa shape index (κ2) is 7.13. The van der Waals surface area contributed by atoms with Gasteiger partial charge in [0.15, 0.2) is 5.82 Å². The second-order valence-electron chi connectivity index (χ2n) is 5.77. The van der Waals surface area contributed by atoms with Gasteiger partial charge in [0.1, 0.15) is 6.54 Å². The molecule has 26 heavy (non-hydrogen) atoms. The Balaban J connectivity index is 1.56. The van der Waals surface area contributed by atoms with Gasteiger partial charge in [0.05, 0.1) is 23.1 Å². The van der Waals surface area contributed by atoms with Crippen LogP contribution in [-0.4, -0.2) is 35.4 Å². The number of hydrogen-bond acceptors (Lipinski definition) is 6. The lowest BCUT2D eigenvalue weighted by Crippen LogP contribution is -2.27. The number of aromatic nitrogens is 5. The molecule has 10 heteroatoms. The Labute approximate surface area is 148 Å². The van der Waals surface area contributed by atoms with Gasteiger partial charge in [0, 0.05) is 18.4 Å². The van der Waals surface area contributed by atoms with Gasteiger partial charge < -0.3 is 15.4 Å². The van der Waals surface area contributed by atoms with Gasteiger partial charge in [-0.15, -0.1) is 0 Å². The summed E-state index contributed by atoms with van der Waals surface area (Å²) < 4.78 is 2.97. The highest BCUT2D eigenvalue weighted by atomic mass is 16.6. The van der Waals surface area contributed by atoms with Crippen molar-refractivity contribution in [3.63, 3.8) is 0 Å². The molecule has 3 rings (SSSR count). The van der Waals surface area contributed by atoms with Crippen LogP contribution in [0.3, 0.4) is 0 Å². The summed E-state index contributed by atoms with van der Waals surface area (Å²) in [5.74, 6) is 0.113. The first-order valence-electron chi connectivity index (χ1n) is 7.85. The first-order valence-corrected chi connectivity index (χ1v) is 7.85. The van der Waals surface area contributed by atoms with Gasteiger partial charge in [-0.25, -0.2) is 9.67 Å². The maximum atomic E-state index is 11.9. The number of amides is 1. The van der Waals surface area contributed by atoms with Crippen LogP contribution in [0.1, 0.15) is 17.0 Å². The molecule has 0 aliphatic carbocycles. The number of nitro groups is 1. The van der Waals surface area contributed by atoms with Crippen molar-refractivity contribution in [2.75, 3.05) is 0 Å². The summed E-state index contributed by atoms with van der Waals surface area (Å²) in [5, 5.41) is 21.4. The van der Waals surface area contributed by atoms with Crippen molar-refractivity contribution < 1.29 is 9.72 Å². The maximum Gasteiger partial charge on any atom is 0.389 e. The number of pyridine rings is 1. The van der Waals surface area contributed by atoms with Crippen LogP contribution in [0.2, 0.25) is 0 Å². The third kappa shape index (κ3) is 3.91. The maximum absolute atomic E-state index is 11.9. The summed E-state index contributed by atoms with van der Waals surface area (Å²) in [6, 6.07) is 6.90. The smallest absolute Gasteiger partial charge is 0.358 e. The van der Waals surface area contributed by atoms with E-state index in [1.807, 2.05) is 32.0 Å². The molecular formula is C16H17N7O3. The van der Waals surface area contributed by atoms with Crippen LogP contribution in [0.25, 0.3) is 5.82 Å². The summed E-state index contributed by atoms with van der Waals surface area (Å²) in [6.45, 7) is 4.08. The average Bonchev–Trinajstić information content (AvgIpc) is 3.20. The van der Waals surface area contributed by atoms with Gasteiger partial charge in [-0.05, 0) is 36.5 Å². The van der Waals surface area contributed by atoms with Crippen molar-refractivity contribution in [1.29, 1.82) is 0 Å². The summed E-state index contributed by atoms with van der Waals surface area (Å²) >= 11 is 0. The minimum atomic E-state index is -0.607. The third-order valence-electron chi connectivity index (χ3n) is 3.64. The van der Waals surface area contributed by atoms with Gasteiger partial charge in [-0.2, -0.15) is 9.78 Å². The van der Waals surface area contributed by atoms with E-state index in [2.05, 4.69) is 20.5 Å². The van der Waals surface area contributed by atoms with Gasteiger partial charge in [-0.3, -0.25) is 4.79 Å². The molecule has 0 atom stereocenters. The zero-order valence-electron chi connectivity index (χ0n) is 14.3. The Morgan fingerprint density at radius 2 is 2.08 bits per heavy atom. The summed E-state index contributed by atoms with van der Waals surface area (Å²) in [6.07, 6.45) is 3.06. The number of rotatable bonds is 6. The van der Waals surface area contributed by atoms with Gasteiger partial charge in [0.2, 0.25) is 5.91 Å². The molecule has 3 heterocycles. The van der Waals surface area contributed by atoms with Crippen molar-refractivity contribution >= 4 is 11.7 Å². The normalized spacial score (nSPS) is 10.7. The minimum Gasteiger partial charge on any atom is -0.358 e. The minimum absolute atomic E-state index is 0.0922. The molecule has 0 radical (unpaired) electrons. The van der Waals surface area contributed by atoms with Crippen LogP contribution in [-0.2, 0) is 17.9 Å². The molecule has 0 saturated heterocycles. The molecule has 0 fully saturated rings. The van der Waals surface area contributed by atoms with Gasteiger partial charge >= 0.3 is 5.82 Å². The Hall–Kier alpha value is -3.56. The van der Waals surface area contributed by atoms with E-state index in [1.165, 1.54) is 16.9 Å². The van der Waals surface area contributed by atoms with Crippen molar-refractivity contribution in [3.05, 3.63) is 63.7 Å². The predicted molar refractivity (Wildman–Crippen MR) is 91.6 cm³/mol. The highest BCUT2D eigenvalue weighted by Crippen LogP contribution is 2.10. The SMILES string of the molecule is Cc1cc(C)n(-c2ccc(CNC(=O)Cn3ccc([N+](=O)[O-])n3)cn2)n1. The quantitative estimate of drug-likeness (QED) is 0.525. The lowest BCUT2D eigenvalue weighted by Gasteiger charge is -2.06. The highest BCUT2D eigenvalue weighted by Gasteiger charge is 2.13. The zero-order chi connectivity index (χ0) is 18.7. The van der Waals surface area contributed by atoms with E-state index in [9.17, 15) is 14.9 Å². The number of nitrogens with zero attached hydrogens (tertiary/aromatic N) is 6. The van der Waals surface area contributed by atoms with E-state index in [0.717, 1.165) is 17.0 Å². The van der Waals surface area contributed by atoms with Crippen molar-refractivity contribution in [2.24, 2.45) is 0 Å². The number of hydrogen-bond donors (Lipinski definition) is 1. The molecule has 0 spiro atoms. The first-order chi connectivity index (χ1) is 12.4. The van der Waals surface area contributed by atoms with E-state index < -0.39 is 4.92 Å². The van der Waals surface area contributed by atoms with Crippen molar-refractivity contribution in [3.8, 4) is 5.82 Å². The molecule has 3 aromatic heterocycles. The van der Waals surface area contributed by atoms with E-state index in [1.54, 1.807) is 10.9 Å². The Kier molecular flexibility index (Phi) is 4.74. The van der Waals surface area contributed by atoms with Crippen LogP contribution in [0.15, 0.2) is 36.7 Å². The van der Waals surface area contributed by atoms with Crippen LogP contribution >= 0.6 is 0 Å². The van der Waals surface area contributed by atoms with E-state index in [-0.39, 0.29) is 18.3 Å². The van der Waals surface area contributed by atoms with E-state index >= 15 is 0 Å².